The predicted octanol–water partition coefficient (Wildman–Crippen LogP) is 1.05. The topological polar surface area (TPSA) is 80.9 Å². The lowest BCUT2D eigenvalue weighted by Crippen LogP contribution is -2.44. The zero-order valence-electron chi connectivity index (χ0n) is 12.3. The van der Waals surface area contributed by atoms with Crippen LogP contribution in [0.1, 0.15) is 23.3 Å². The third kappa shape index (κ3) is 2.77. The van der Waals surface area contributed by atoms with E-state index in [1.807, 2.05) is 6.08 Å². The Hall–Kier alpha value is -2.12. The summed E-state index contributed by atoms with van der Waals surface area (Å²) in [6.07, 6.45) is 3.77. The molecule has 0 spiro atoms. The van der Waals surface area contributed by atoms with Crippen LogP contribution in [0.2, 0.25) is 0 Å². The summed E-state index contributed by atoms with van der Waals surface area (Å²) in [4.78, 5) is 28.3. The van der Waals surface area contributed by atoms with Gasteiger partial charge in [-0.25, -0.2) is 4.79 Å². The fourth-order valence-electron chi connectivity index (χ4n) is 2.72. The van der Waals surface area contributed by atoms with Crippen molar-refractivity contribution in [3.8, 4) is 0 Å². The van der Waals surface area contributed by atoms with E-state index in [9.17, 15) is 9.59 Å². The summed E-state index contributed by atoms with van der Waals surface area (Å²) in [5, 5.41) is 0. The Balaban J connectivity index is 1.63. The average Bonchev–Trinajstić information content (AvgIpc) is 3.25. The molecular weight excluding hydrogens is 288 g/mol. The number of H-pyrrole nitrogens is 1. The van der Waals surface area contributed by atoms with E-state index in [1.54, 1.807) is 30.3 Å². The molecule has 1 N–H and O–H groups in total. The molecule has 0 aromatic carbocycles. The molecule has 1 aromatic heterocycles. The standard InChI is InChI=1S/C15H18N2O5/c1-20-13-5-4-12(18)17(13)14-10(6-8-21-14)9-22-15(19)11-3-2-7-16-11/h2-3,6-7,13-14,16H,4-5,8-9H2,1H3. The first-order valence-electron chi connectivity index (χ1n) is 7.15. The van der Waals surface area contributed by atoms with Crippen molar-refractivity contribution in [1.82, 2.24) is 9.88 Å². The van der Waals surface area contributed by atoms with Crippen LogP contribution in [0.5, 0.6) is 0 Å². The number of aromatic nitrogens is 1. The highest BCUT2D eigenvalue weighted by atomic mass is 16.5. The average molecular weight is 306 g/mol. The highest BCUT2D eigenvalue weighted by molar-refractivity contribution is 5.87. The second-order valence-electron chi connectivity index (χ2n) is 5.15. The van der Waals surface area contributed by atoms with Gasteiger partial charge in [0.2, 0.25) is 5.91 Å². The number of carbonyl (C=O) groups excluding carboxylic acids is 2. The minimum Gasteiger partial charge on any atom is -0.456 e. The molecule has 1 amide bonds. The fourth-order valence-corrected chi connectivity index (χ4v) is 2.72. The molecule has 1 aromatic rings. The zero-order valence-corrected chi connectivity index (χ0v) is 12.3. The maximum absolute atomic E-state index is 12.0. The number of nitrogens with one attached hydrogen (secondary N) is 1. The fraction of sp³-hybridized carbons (Fsp3) is 0.467. The number of nitrogens with zero attached hydrogens (tertiary/aromatic N) is 1. The molecule has 0 radical (unpaired) electrons. The van der Waals surface area contributed by atoms with Crippen LogP contribution in [-0.2, 0) is 19.0 Å². The molecule has 7 heteroatoms. The first-order chi connectivity index (χ1) is 10.7. The zero-order chi connectivity index (χ0) is 15.5. The van der Waals surface area contributed by atoms with E-state index in [1.165, 1.54) is 0 Å². The van der Waals surface area contributed by atoms with Crippen molar-refractivity contribution in [1.29, 1.82) is 0 Å². The van der Waals surface area contributed by atoms with Crippen LogP contribution in [0, 0.1) is 0 Å². The van der Waals surface area contributed by atoms with Crippen LogP contribution in [0.3, 0.4) is 0 Å². The van der Waals surface area contributed by atoms with Crippen LogP contribution in [0.25, 0.3) is 0 Å². The highest BCUT2D eigenvalue weighted by Gasteiger charge is 2.40. The van der Waals surface area contributed by atoms with Crippen molar-refractivity contribution in [2.45, 2.75) is 25.3 Å². The molecule has 1 saturated heterocycles. The molecule has 2 atom stereocenters. The Morgan fingerprint density at radius 2 is 2.41 bits per heavy atom. The van der Waals surface area contributed by atoms with Gasteiger partial charge in [-0.2, -0.15) is 0 Å². The van der Waals surface area contributed by atoms with Gasteiger partial charge in [-0.1, -0.05) is 6.08 Å². The van der Waals surface area contributed by atoms with Gasteiger partial charge in [0, 0.05) is 31.7 Å². The van der Waals surface area contributed by atoms with Crippen molar-refractivity contribution < 1.29 is 23.8 Å². The SMILES string of the molecule is COC1CCC(=O)N1C1OCC=C1COC(=O)c1ccc[nH]1. The Morgan fingerprint density at radius 3 is 3.14 bits per heavy atom. The van der Waals surface area contributed by atoms with Gasteiger partial charge in [0.25, 0.3) is 0 Å². The first-order valence-corrected chi connectivity index (χ1v) is 7.15. The minimum absolute atomic E-state index is 0.0136. The van der Waals surface area contributed by atoms with E-state index in [4.69, 9.17) is 14.2 Å². The highest BCUT2D eigenvalue weighted by Crippen LogP contribution is 2.28. The summed E-state index contributed by atoms with van der Waals surface area (Å²) in [5.41, 5.74) is 1.15. The molecule has 0 bridgehead atoms. The van der Waals surface area contributed by atoms with Gasteiger partial charge < -0.3 is 19.2 Å². The first kappa shape index (κ1) is 14.8. The van der Waals surface area contributed by atoms with Crippen molar-refractivity contribution in [2.24, 2.45) is 0 Å². The smallest absolute Gasteiger partial charge is 0.355 e. The maximum Gasteiger partial charge on any atom is 0.355 e. The number of methoxy groups -OCH3 is 1. The predicted molar refractivity (Wildman–Crippen MR) is 75.8 cm³/mol. The van der Waals surface area contributed by atoms with Gasteiger partial charge >= 0.3 is 5.97 Å². The van der Waals surface area contributed by atoms with E-state index in [-0.39, 0.29) is 18.7 Å². The minimum atomic E-state index is -0.517. The second-order valence-corrected chi connectivity index (χ2v) is 5.15. The molecular formula is C15H18N2O5. The second kappa shape index (κ2) is 6.33. The lowest BCUT2D eigenvalue weighted by Gasteiger charge is -2.30. The Bertz CT molecular complexity index is 581. The summed E-state index contributed by atoms with van der Waals surface area (Å²) < 4.78 is 16.2. The quantitative estimate of drug-likeness (QED) is 0.649. The molecule has 0 saturated carbocycles. The lowest BCUT2D eigenvalue weighted by molar-refractivity contribution is -0.151. The number of hydrogen-bond donors (Lipinski definition) is 1. The third-order valence-electron chi connectivity index (χ3n) is 3.83. The monoisotopic (exact) mass is 306 g/mol. The number of rotatable bonds is 5. The Labute approximate surface area is 127 Å². The molecule has 2 aliphatic rings. The number of hydrogen-bond acceptors (Lipinski definition) is 5. The Kier molecular flexibility index (Phi) is 4.26. The van der Waals surface area contributed by atoms with E-state index in [0.717, 1.165) is 5.57 Å². The largest absolute Gasteiger partial charge is 0.456 e. The summed E-state index contributed by atoms with van der Waals surface area (Å²) in [7, 11) is 1.57. The maximum atomic E-state index is 12.0. The van der Waals surface area contributed by atoms with Crippen molar-refractivity contribution in [2.75, 3.05) is 20.3 Å². The summed E-state index contributed by atoms with van der Waals surface area (Å²) in [6.45, 7) is 0.475. The molecule has 0 aliphatic carbocycles. The lowest BCUT2D eigenvalue weighted by atomic mass is 10.2. The van der Waals surface area contributed by atoms with Gasteiger partial charge in [0.05, 0.1) is 6.61 Å². The number of esters is 1. The number of carbonyl (C=O) groups is 2. The van der Waals surface area contributed by atoms with Gasteiger partial charge in [-0.3, -0.25) is 9.69 Å². The van der Waals surface area contributed by atoms with Crippen LogP contribution < -0.4 is 0 Å². The van der Waals surface area contributed by atoms with E-state index in [2.05, 4.69) is 4.98 Å². The van der Waals surface area contributed by atoms with E-state index in [0.29, 0.717) is 25.1 Å². The van der Waals surface area contributed by atoms with Gasteiger partial charge in [0.15, 0.2) is 6.23 Å². The van der Waals surface area contributed by atoms with Crippen LogP contribution in [0.15, 0.2) is 30.0 Å². The summed E-state index contributed by atoms with van der Waals surface area (Å²) >= 11 is 0. The van der Waals surface area contributed by atoms with Crippen molar-refractivity contribution in [3.05, 3.63) is 35.7 Å². The van der Waals surface area contributed by atoms with Crippen LogP contribution in [0.4, 0.5) is 0 Å². The van der Waals surface area contributed by atoms with E-state index >= 15 is 0 Å². The molecule has 3 rings (SSSR count). The van der Waals surface area contributed by atoms with E-state index < -0.39 is 12.2 Å². The molecule has 22 heavy (non-hydrogen) atoms. The van der Waals surface area contributed by atoms with Crippen LogP contribution >= 0.6 is 0 Å². The van der Waals surface area contributed by atoms with Crippen molar-refractivity contribution in [3.63, 3.8) is 0 Å². The third-order valence-corrected chi connectivity index (χ3v) is 3.83. The molecule has 3 heterocycles. The van der Waals surface area contributed by atoms with Crippen LogP contribution in [-0.4, -0.2) is 54.5 Å². The molecule has 1 fully saturated rings. The number of aromatic amines is 1. The number of ether oxygens (including phenoxy) is 3. The van der Waals surface area contributed by atoms with Crippen molar-refractivity contribution >= 4 is 11.9 Å². The summed E-state index contributed by atoms with van der Waals surface area (Å²) in [5.74, 6) is -0.451. The normalized spacial score (nSPS) is 24.7. The number of amides is 1. The van der Waals surface area contributed by atoms with Gasteiger partial charge in [-0.05, 0) is 12.1 Å². The molecule has 7 nitrogen and oxygen atoms in total. The van der Waals surface area contributed by atoms with Gasteiger partial charge in [0.1, 0.15) is 18.5 Å². The molecule has 2 aliphatic heterocycles. The Morgan fingerprint density at radius 1 is 1.55 bits per heavy atom. The molecule has 118 valence electrons. The number of likely N-dealkylation sites (tertiary alicyclic amines) is 1. The molecule has 2 unspecified atom stereocenters. The summed E-state index contributed by atoms with van der Waals surface area (Å²) in [6, 6.07) is 3.37. The van der Waals surface area contributed by atoms with Gasteiger partial charge in [-0.15, -0.1) is 0 Å².